The van der Waals surface area contributed by atoms with E-state index >= 15 is 0 Å². The van der Waals surface area contributed by atoms with Crippen molar-refractivity contribution in [3.63, 3.8) is 0 Å². The number of rotatable bonds is 6. The van der Waals surface area contributed by atoms with Crippen molar-refractivity contribution in [2.24, 2.45) is 5.73 Å². The summed E-state index contributed by atoms with van der Waals surface area (Å²) in [5, 5.41) is 6.41. The standard InChI is InChI=1S/C11H18F2N4O/c1-7-9(6-10(18)15-5-3-4-14)8(2)17(16-7)11(12)13/h11H,3-6,14H2,1-2H3,(H,15,18). The van der Waals surface area contributed by atoms with E-state index in [9.17, 15) is 13.6 Å². The van der Waals surface area contributed by atoms with Crippen molar-refractivity contribution in [3.05, 3.63) is 17.0 Å². The van der Waals surface area contributed by atoms with Gasteiger partial charge in [-0.05, 0) is 26.8 Å². The van der Waals surface area contributed by atoms with Crippen LogP contribution >= 0.6 is 0 Å². The minimum absolute atomic E-state index is 0.0644. The molecule has 1 amide bonds. The first kappa shape index (κ1) is 14.6. The average Bonchev–Trinajstić information content (AvgIpc) is 2.57. The summed E-state index contributed by atoms with van der Waals surface area (Å²) in [6.45, 7) is 1.47. The van der Waals surface area contributed by atoms with E-state index in [-0.39, 0.29) is 12.3 Å². The number of carbonyl (C=O) groups is 1. The number of hydrogen-bond acceptors (Lipinski definition) is 3. The summed E-state index contributed by atoms with van der Waals surface area (Å²) in [5.74, 6) is -0.205. The van der Waals surface area contributed by atoms with Crippen molar-refractivity contribution in [3.8, 4) is 0 Å². The lowest BCUT2D eigenvalue weighted by molar-refractivity contribution is -0.120. The molecule has 0 aliphatic heterocycles. The van der Waals surface area contributed by atoms with E-state index in [4.69, 9.17) is 5.73 Å². The first-order chi connectivity index (χ1) is 8.47. The van der Waals surface area contributed by atoms with Crippen molar-refractivity contribution < 1.29 is 13.6 Å². The second-order valence-corrected chi connectivity index (χ2v) is 4.04. The van der Waals surface area contributed by atoms with Gasteiger partial charge in [-0.15, -0.1) is 0 Å². The maximum Gasteiger partial charge on any atom is 0.333 e. The lowest BCUT2D eigenvalue weighted by atomic mass is 10.1. The minimum Gasteiger partial charge on any atom is -0.356 e. The molecule has 0 aliphatic rings. The third kappa shape index (κ3) is 3.49. The zero-order valence-corrected chi connectivity index (χ0v) is 10.5. The van der Waals surface area contributed by atoms with Crippen LogP contribution in [-0.2, 0) is 11.2 Å². The fraction of sp³-hybridized carbons (Fsp3) is 0.636. The molecular weight excluding hydrogens is 242 g/mol. The lowest BCUT2D eigenvalue weighted by Crippen LogP contribution is -2.27. The van der Waals surface area contributed by atoms with Gasteiger partial charge in [0.05, 0.1) is 12.1 Å². The highest BCUT2D eigenvalue weighted by Gasteiger charge is 2.18. The van der Waals surface area contributed by atoms with Crippen LogP contribution in [0.4, 0.5) is 8.78 Å². The van der Waals surface area contributed by atoms with E-state index in [1.165, 1.54) is 6.92 Å². The maximum absolute atomic E-state index is 12.6. The predicted molar refractivity (Wildman–Crippen MR) is 63.3 cm³/mol. The number of alkyl halides is 2. The molecule has 1 aromatic rings. The number of nitrogens with one attached hydrogen (secondary N) is 1. The van der Waals surface area contributed by atoms with E-state index in [1.54, 1.807) is 6.92 Å². The third-order valence-electron chi connectivity index (χ3n) is 2.70. The highest BCUT2D eigenvalue weighted by atomic mass is 19.3. The molecule has 102 valence electrons. The van der Waals surface area contributed by atoms with Crippen LogP contribution in [0.1, 0.15) is 29.9 Å². The number of amides is 1. The van der Waals surface area contributed by atoms with E-state index in [1.807, 2.05) is 0 Å². The molecular formula is C11H18F2N4O. The second kappa shape index (κ2) is 6.44. The van der Waals surface area contributed by atoms with Gasteiger partial charge in [-0.3, -0.25) is 4.79 Å². The molecule has 0 atom stereocenters. The van der Waals surface area contributed by atoms with Crippen molar-refractivity contribution in [2.45, 2.75) is 33.2 Å². The van der Waals surface area contributed by atoms with E-state index in [0.29, 0.717) is 41.1 Å². The van der Waals surface area contributed by atoms with Gasteiger partial charge < -0.3 is 11.1 Å². The molecule has 3 N–H and O–H groups in total. The highest BCUT2D eigenvalue weighted by molar-refractivity contribution is 5.79. The first-order valence-electron chi connectivity index (χ1n) is 5.76. The Kier molecular flexibility index (Phi) is 5.21. The number of hydrogen-bond donors (Lipinski definition) is 2. The average molecular weight is 260 g/mol. The highest BCUT2D eigenvalue weighted by Crippen LogP contribution is 2.19. The molecule has 0 aromatic carbocycles. The largest absolute Gasteiger partial charge is 0.356 e. The van der Waals surface area contributed by atoms with Crippen LogP contribution in [0.25, 0.3) is 0 Å². The van der Waals surface area contributed by atoms with E-state index < -0.39 is 6.55 Å². The molecule has 0 bridgehead atoms. The second-order valence-electron chi connectivity index (χ2n) is 4.04. The van der Waals surface area contributed by atoms with Gasteiger partial charge in [0.25, 0.3) is 0 Å². The van der Waals surface area contributed by atoms with Crippen molar-refractivity contribution in [1.29, 1.82) is 0 Å². The van der Waals surface area contributed by atoms with Gasteiger partial charge in [-0.2, -0.15) is 13.9 Å². The fourth-order valence-corrected chi connectivity index (χ4v) is 1.70. The summed E-state index contributed by atoms with van der Waals surface area (Å²) in [6.07, 6.45) is 0.759. The molecule has 0 saturated carbocycles. The summed E-state index contributed by atoms with van der Waals surface area (Å²) in [7, 11) is 0. The number of carbonyl (C=O) groups excluding carboxylic acids is 1. The van der Waals surface area contributed by atoms with Crippen LogP contribution in [-0.4, -0.2) is 28.8 Å². The number of aryl methyl sites for hydroxylation is 1. The van der Waals surface area contributed by atoms with Gasteiger partial charge in [0.15, 0.2) is 0 Å². The van der Waals surface area contributed by atoms with Gasteiger partial charge >= 0.3 is 6.55 Å². The summed E-state index contributed by atoms with van der Waals surface area (Å²) in [5.41, 5.74) is 6.65. The summed E-state index contributed by atoms with van der Waals surface area (Å²) < 4.78 is 25.8. The SMILES string of the molecule is Cc1nn(C(F)F)c(C)c1CC(=O)NCCCN. The van der Waals surface area contributed by atoms with Gasteiger partial charge in [0.1, 0.15) is 0 Å². The van der Waals surface area contributed by atoms with Crippen LogP contribution in [0.2, 0.25) is 0 Å². The Labute approximate surface area is 104 Å². The topological polar surface area (TPSA) is 72.9 Å². The summed E-state index contributed by atoms with van der Waals surface area (Å²) >= 11 is 0. The van der Waals surface area contributed by atoms with Crippen LogP contribution in [0, 0.1) is 13.8 Å². The van der Waals surface area contributed by atoms with Gasteiger partial charge in [-0.1, -0.05) is 0 Å². The Morgan fingerprint density at radius 2 is 2.17 bits per heavy atom. The Hall–Kier alpha value is -1.50. The molecule has 0 radical (unpaired) electrons. The van der Waals surface area contributed by atoms with Crippen molar-refractivity contribution >= 4 is 5.91 Å². The first-order valence-corrected chi connectivity index (χ1v) is 5.76. The summed E-state index contributed by atoms with van der Waals surface area (Å²) in [6, 6.07) is 0. The van der Waals surface area contributed by atoms with Crippen LogP contribution in [0.5, 0.6) is 0 Å². The monoisotopic (exact) mass is 260 g/mol. The van der Waals surface area contributed by atoms with Gasteiger partial charge in [-0.25, -0.2) is 4.68 Å². The van der Waals surface area contributed by atoms with Gasteiger partial charge in [0, 0.05) is 17.8 Å². The van der Waals surface area contributed by atoms with E-state index in [0.717, 1.165) is 0 Å². The quantitative estimate of drug-likeness (QED) is 0.746. The lowest BCUT2D eigenvalue weighted by Gasteiger charge is -2.05. The Balaban J connectivity index is 2.70. The van der Waals surface area contributed by atoms with E-state index in [2.05, 4.69) is 10.4 Å². The molecule has 7 heteroatoms. The Morgan fingerprint density at radius 3 is 2.67 bits per heavy atom. The fourth-order valence-electron chi connectivity index (χ4n) is 1.70. The molecule has 1 rings (SSSR count). The zero-order chi connectivity index (χ0) is 13.7. The number of nitrogens with zero attached hydrogens (tertiary/aromatic N) is 2. The van der Waals surface area contributed by atoms with Crippen molar-refractivity contribution in [1.82, 2.24) is 15.1 Å². The molecule has 0 spiro atoms. The zero-order valence-electron chi connectivity index (χ0n) is 10.5. The third-order valence-corrected chi connectivity index (χ3v) is 2.70. The van der Waals surface area contributed by atoms with Crippen LogP contribution in [0.15, 0.2) is 0 Å². The molecule has 0 unspecified atom stereocenters. The minimum atomic E-state index is -2.68. The molecule has 0 fully saturated rings. The Morgan fingerprint density at radius 1 is 1.50 bits per heavy atom. The molecule has 5 nitrogen and oxygen atoms in total. The maximum atomic E-state index is 12.6. The predicted octanol–water partition coefficient (Wildman–Crippen LogP) is 0.903. The van der Waals surface area contributed by atoms with Crippen LogP contribution in [0.3, 0.4) is 0 Å². The van der Waals surface area contributed by atoms with Crippen LogP contribution < -0.4 is 11.1 Å². The Bertz CT molecular complexity index is 417. The number of nitrogens with two attached hydrogens (primary N) is 1. The normalized spacial score (nSPS) is 11.0. The molecule has 0 aliphatic carbocycles. The smallest absolute Gasteiger partial charge is 0.333 e. The molecule has 1 heterocycles. The molecule has 18 heavy (non-hydrogen) atoms. The molecule has 1 aromatic heterocycles. The van der Waals surface area contributed by atoms with Gasteiger partial charge in [0.2, 0.25) is 5.91 Å². The molecule has 0 saturated heterocycles. The number of halogens is 2. The van der Waals surface area contributed by atoms with Crippen molar-refractivity contribution in [2.75, 3.05) is 13.1 Å². The number of aromatic nitrogens is 2. The summed E-state index contributed by atoms with van der Waals surface area (Å²) in [4.78, 5) is 11.6.